The van der Waals surface area contributed by atoms with Gasteiger partial charge in [0.1, 0.15) is 11.8 Å². The second-order valence-electron chi connectivity index (χ2n) is 15.1. The van der Waals surface area contributed by atoms with Crippen molar-refractivity contribution in [2.45, 2.75) is 76.0 Å². The molecule has 2 N–H and O–H groups in total. The van der Waals surface area contributed by atoms with Gasteiger partial charge < -0.3 is 24.4 Å². The lowest BCUT2D eigenvalue weighted by atomic mass is 9.92. The Morgan fingerprint density at radius 3 is 2.45 bits per heavy atom. The summed E-state index contributed by atoms with van der Waals surface area (Å²) in [7, 11) is 0. The van der Waals surface area contributed by atoms with Gasteiger partial charge >= 0.3 is 6.03 Å². The number of halogens is 1. The summed E-state index contributed by atoms with van der Waals surface area (Å²) < 4.78 is 8.39. The van der Waals surface area contributed by atoms with Gasteiger partial charge in [-0.15, -0.1) is 10.2 Å². The number of hydrogen-bond acceptors (Lipinski definition) is 10. The molecule has 15 heteroatoms. The van der Waals surface area contributed by atoms with Gasteiger partial charge in [0.2, 0.25) is 5.91 Å². The third-order valence-corrected chi connectivity index (χ3v) is 11.9. The lowest BCUT2D eigenvalue weighted by Gasteiger charge is -2.38. The maximum Gasteiger partial charge on any atom is 0.328 e. The Labute approximate surface area is 324 Å². The summed E-state index contributed by atoms with van der Waals surface area (Å²) in [5.74, 6) is 1.63. The van der Waals surface area contributed by atoms with E-state index in [2.05, 4.69) is 58.5 Å². The van der Waals surface area contributed by atoms with Gasteiger partial charge in [-0.2, -0.15) is 5.26 Å². The van der Waals surface area contributed by atoms with Gasteiger partial charge in [-0.3, -0.25) is 24.8 Å². The number of carbonyl (C=O) groups excluding carboxylic acids is 3. The summed E-state index contributed by atoms with van der Waals surface area (Å²) in [6, 6.07) is 12.9. The van der Waals surface area contributed by atoms with Crippen molar-refractivity contribution in [2.75, 3.05) is 49.1 Å². The minimum Gasteiger partial charge on any atom is -0.490 e. The number of imide groups is 1. The lowest BCUT2D eigenvalue weighted by molar-refractivity contribution is -0.120. The zero-order valence-electron chi connectivity index (χ0n) is 30.7. The van der Waals surface area contributed by atoms with Crippen molar-refractivity contribution < 1.29 is 19.1 Å². The van der Waals surface area contributed by atoms with Gasteiger partial charge in [0.15, 0.2) is 11.5 Å². The first-order chi connectivity index (χ1) is 26.8. The van der Waals surface area contributed by atoms with E-state index in [0.717, 1.165) is 106 Å². The Balaban J connectivity index is 0.760. The summed E-state index contributed by atoms with van der Waals surface area (Å²) >= 11 is 6.15. The van der Waals surface area contributed by atoms with Crippen LogP contribution in [0.2, 0.25) is 5.02 Å². The number of hydrogen-bond donors (Lipinski definition) is 2. The van der Waals surface area contributed by atoms with Crippen molar-refractivity contribution in [2.24, 2.45) is 5.92 Å². The van der Waals surface area contributed by atoms with Crippen LogP contribution in [0, 0.1) is 17.2 Å². The van der Waals surface area contributed by atoms with Crippen LogP contribution in [0.1, 0.15) is 79.9 Å². The molecule has 4 aromatic rings. The predicted molar refractivity (Wildman–Crippen MR) is 207 cm³/mol. The number of fused-ring (bicyclic) bond motifs is 1. The first-order valence-electron chi connectivity index (χ1n) is 19.4. The van der Waals surface area contributed by atoms with Crippen LogP contribution in [0.4, 0.5) is 16.3 Å². The highest BCUT2D eigenvalue weighted by Crippen LogP contribution is 2.34. The van der Waals surface area contributed by atoms with Crippen LogP contribution in [0.25, 0.3) is 10.9 Å². The molecule has 6 heterocycles. The molecule has 3 saturated heterocycles. The number of carbonyl (C=O) groups is 3. The van der Waals surface area contributed by atoms with E-state index in [4.69, 9.17) is 21.6 Å². The number of ether oxygens (including phenoxy) is 1. The van der Waals surface area contributed by atoms with Crippen LogP contribution < -0.4 is 25.2 Å². The van der Waals surface area contributed by atoms with E-state index in [-0.39, 0.29) is 30.4 Å². The second kappa shape index (κ2) is 16.2. The van der Waals surface area contributed by atoms with E-state index in [1.807, 2.05) is 12.3 Å². The molecule has 14 nitrogen and oxygen atoms in total. The van der Waals surface area contributed by atoms with E-state index in [1.54, 1.807) is 35.4 Å². The molecular weight excluding hydrogens is 720 g/mol. The monoisotopic (exact) mass is 764 g/mol. The maximum absolute atomic E-state index is 13.0. The third-order valence-electron chi connectivity index (χ3n) is 11.6. The molecule has 1 aliphatic carbocycles. The summed E-state index contributed by atoms with van der Waals surface area (Å²) in [4.78, 5) is 48.1. The highest BCUT2D eigenvalue weighted by atomic mass is 35.5. The Kier molecular flexibility index (Phi) is 10.8. The number of piperidine rings is 2. The quantitative estimate of drug-likeness (QED) is 0.224. The fourth-order valence-corrected chi connectivity index (χ4v) is 8.74. The van der Waals surface area contributed by atoms with E-state index in [9.17, 15) is 14.4 Å². The Morgan fingerprint density at radius 1 is 0.945 bits per heavy atom. The summed E-state index contributed by atoms with van der Waals surface area (Å²) in [6.07, 6.45) is 13.5. The Hall–Kier alpha value is -5.26. The fourth-order valence-electron chi connectivity index (χ4n) is 8.53. The zero-order valence-corrected chi connectivity index (χ0v) is 31.5. The molecule has 1 aromatic carbocycles. The fraction of sp³-hybridized carbons (Fsp3) is 0.475. The molecule has 55 heavy (non-hydrogen) atoms. The van der Waals surface area contributed by atoms with Crippen molar-refractivity contribution in [3.05, 3.63) is 71.3 Å². The van der Waals surface area contributed by atoms with Crippen molar-refractivity contribution in [3.63, 3.8) is 0 Å². The van der Waals surface area contributed by atoms with Crippen LogP contribution in [-0.4, -0.2) is 93.9 Å². The number of nitrogens with one attached hydrogen (secondary N) is 2. The number of likely N-dealkylation sites (tertiary alicyclic amines) is 1. The van der Waals surface area contributed by atoms with Gasteiger partial charge in [0.25, 0.3) is 5.91 Å². The first kappa shape index (κ1) is 36.7. The molecule has 4 amide bonds. The number of benzene rings is 1. The number of amides is 4. The van der Waals surface area contributed by atoms with Crippen LogP contribution >= 0.6 is 11.6 Å². The molecular formula is C40H45ClN10O4. The highest BCUT2D eigenvalue weighted by molar-refractivity contribution is 6.31. The summed E-state index contributed by atoms with van der Waals surface area (Å²) in [5.41, 5.74) is 2.50. The minimum atomic E-state index is -0.394. The van der Waals surface area contributed by atoms with Crippen molar-refractivity contribution >= 4 is 51.9 Å². The molecule has 0 bridgehead atoms. The molecule has 0 atom stereocenters. The predicted octanol–water partition coefficient (Wildman–Crippen LogP) is 5.47. The van der Waals surface area contributed by atoms with Gasteiger partial charge in [-0.1, -0.05) is 11.6 Å². The van der Waals surface area contributed by atoms with Crippen molar-refractivity contribution in [3.8, 4) is 11.8 Å². The number of rotatable bonds is 9. The number of anilines is 2. The van der Waals surface area contributed by atoms with Crippen molar-refractivity contribution in [1.29, 1.82) is 5.26 Å². The van der Waals surface area contributed by atoms with Gasteiger partial charge in [-0.25, -0.2) is 4.79 Å². The second-order valence-corrected chi connectivity index (χ2v) is 15.5. The topological polar surface area (TPSA) is 162 Å². The van der Waals surface area contributed by atoms with Crippen LogP contribution in [-0.2, 0) is 4.79 Å². The zero-order chi connectivity index (χ0) is 37.9. The standard InChI is InChI=1S/C40H45ClN10O4/c41-33-21-31(4-1-27(33)22-42)55-30-5-2-28(3-6-30)44-39(53)34-7-8-37(47-46-34)49-17-9-26(10-18-49)25-48-15-11-29(12-16-48)50-19-13-32-35(50)23-43-24-36(32)51-20-14-38(52)45-40(51)54/h1,4,7-8,13,19,21,23-24,26,28-30H,2-3,5-6,9-12,14-18,20,25H2,(H,44,53)(H,45,52,54). The molecule has 0 unspecified atom stereocenters. The molecule has 3 aromatic heterocycles. The molecule has 3 aliphatic heterocycles. The molecule has 4 fully saturated rings. The van der Waals surface area contributed by atoms with Crippen LogP contribution in [0.5, 0.6) is 5.75 Å². The molecule has 1 saturated carbocycles. The smallest absolute Gasteiger partial charge is 0.328 e. The van der Waals surface area contributed by atoms with Crippen LogP contribution in [0.3, 0.4) is 0 Å². The van der Waals surface area contributed by atoms with E-state index in [1.165, 1.54) is 0 Å². The molecule has 8 rings (SSSR count). The Bertz CT molecular complexity index is 2080. The molecule has 286 valence electrons. The average molecular weight is 765 g/mol. The molecule has 0 spiro atoms. The number of nitriles is 1. The third kappa shape index (κ3) is 8.23. The highest BCUT2D eigenvalue weighted by Gasteiger charge is 2.30. The largest absolute Gasteiger partial charge is 0.490 e. The average Bonchev–Trinajstić information content (AvgIpc) is 3.64. The lowest BCUT2D eigenvalue weighted by Crippen LogP contribution is -2.49. The number of nitrogens with zero attached hydrogens (tertiary/aromatic N) is 8. The summed E-state index contributed by atoms with van der Waals surface area (Å²) in [6.45, 7) is 5.33. The van der Waals surface area contributed by atoms with Gasteiger partial charge in [-0.05, 0) is 87.6 Å². The van der Waals surface area contributed by atoms with E-state index in [0.29, 0.717) is 40.5 Å². The molecule has 0 radical (unpaired) electrons. The molecule has 4 aliphatic rings. The Morgan fingerprint density at radius 2 is 1.75 bits per heavy atom. The van der Waals surface area contributed by atoms with E-state index < -0.39 is 6.03 Å². The van der Waals surface area contributed by atoms with Crippen molar-refractivity contribution in [1.82, 2.24) is 35.3 Å². The van der Waals surface area contributed by atoms with Gasteiger partial charge in [0, 0.05) is 75.4 Å². The minimum absolute atomic E-state index is 0.0332. The number of urea groups is 1. The maximum atomic E-state index is 13.0. The number of pyridine rings is 1. The summed E-state index contributed by atoms with van der Waals surface area (Å²) in [5, 5.41) is 24.7. The SMILES string of the molecule is N#Cc1ccc(OC2CCC(NC(=O)c3ccc(N4CCC(CN5CCC(n6ccc7c(N8CCC(=O)NC8=O)cncc76)CC5)CC4)nn3)CC2)cc1Cl. The first-order valence-corrected chi connectivity index (χ1v) is 19.7. The van der Waals surface area contributed by atoms with Gasteiger partial charge in [0.05, 0.1) is 40.3 Å². The van der Waals surface area contributed by atoms with Crippen LogP contribution in [0.15, 0.2) is 55.0 Å². The number of aromatic nitrogens is 4. The van der Waals surface area contributed by atoms with E-state index >= 15 is 0 Å². The normalized spacial score (nSPS) is 21.7.